The Morgan fingerprint density at radius 1 is 1.35 bits per heavy atom. The summed E-state index contributed by atoms with van der Waals surface area (Å²) in [5, 5.41) is 0. The Morgan fingerprint density at radius 2 is 2.09 bits per heavy atom. The molecule has 23 heavy (non-hydrogen) atoms. The second-order valence-electron chi connectivity index (χ2n) is 5.55. The van der Waals surface area contributed by atoms with Crippen molar-refractivity contribution < 1.29 is 9.53 Å². The van der Waals surface area contributed by atoms with Crippen LogP contribution < -0.4 is 14.9 Å². The molecule has 0 aliphatic carbocycles. The van der Waals surface area contributed by atoms with Crippen molar-refractivity contribution in [1.29, 1.82) is 0 Å². The van der Waals surface area contributed by atoms with Crippen LogP contribution in [0, 0.1) is 0 Å². The van der Waals surface area contributed by atoms with E-state index in [0.29, 0.717) is 27.2 Å². The average molecular weight is 336 g/mol. The number of fused-ring (bicyclic) bond motifs is 1. The molecule has 6 heteroatoms. The first-order valence-corrected chi connectivity index (χ1v) is 9.04. The van der Waals surface area contributed by atoms with E-state index in [4.69, 9.17) is 4.74 Å². The molecule has 1 aliphatic heterocycles. The molecule has 0 radical (unpaired) electrons. The van der Waals surface area contributed by atoms with Crippen molar-refractivity contribution in [2.75, 3.05) is 6.61 Å². The topological polar surface area (TPSA) is 60.7 Å². The molecule has 0 spiro atoms. The summed E-state index contributed by atoms with van der Waals surface area (Å²) in [4.78, 5) is 30.3. The highest BCUT2D eigenvalue weighted by molar-refractivity contribution is 7.07. The fraction of sp³-hybridized carbons (Fsp3) is 0.588. The maximum absolute atomic E-state index is 12.7. The lowest BCUT2D eigenvalue weighted by Gasteiger charge is -2.23. The number of rotatable bonds is 6. The summed E-state index contributed by atoms with van der Waals surface area (Å²) in [6.07, 6.45) is 5.42. The predicted molar refractivity (Wildman–Crippen MR) is 92.0 cm³/mol. The molecule has 5 nitrogen and oxygen atoms in total. The summed E-state index contributed by atoms with van der Waals surface area (Å²) >= 11 is 1.40. The van der Waals surface area contributed by atoms with Crippen LogP contribution in [0.1, 0.15) is 59.4 Å². The van der Waals surface area contributed by atoms with Crippen LogP contribution in [-0.2, 0) is 9.53 Å². The van der Waals surface area contributed by atoms with Gasteiger partial charge in [0.15, 0.2) is 4.80 Å². The molecule has 1 aliphatic rings. The Hall–Kier alpha value is -1.69. The van der Waals surface area contributed by atoms with Crippen LogP contribution >= 0.6 is 11.3 Å². The summed E-state index contributed by atoms with van der Waals surface area (Å²) in [6, 6.07) is -0.279. The number of esters is 1. The summed E-state index contributed by atoms with van der Waals surface area (Å²) in [7, 11) is 0. The highest BCUT2D eigenvalue weighted by Crippen LogP contribution is 2.27. The lowest BCUT2D eigenvalue weighted by atomic mass is 9.99. The predicted octanol–water partition coefficient (Wildman–Crippen LogP) is 2.30. The Balaban J connectivity index is 2.62. The number of aromatic nitrogens is 1. The summed E-state index contributed by atoms with van der Waals surface area (Å²) in [5.41, 5.74) is 1.13. The maximum Gasteiger partial charge on any atom is 0.337 e. The van der Waals surface area contributed by atoms with Gasteiger partial charge in [-0.25, -0.2) is 9.79 Å². The third-order valence-electron chi connectivity index (χ3n) is 3.81. The number of carbonyl (C=O) groups is 1. The van der Waals surface area contributed by atoms with Crippen LogP contribution in [0.5, 0.6) is 0 Å². The lowest BCUT2D eigenvalue weighted by Crippen LogP contribution is -2.39. The molecule has 0 saturated carbocycles. The molecular weight excluding hydrogens is 312 g/mol. The van der Waals surface area contributed by atoms with Crippen LogP contribution in [0.3, 0.4) is 0 Å². The van der Waals surface area contributed by atoms with Gasteiger partial charge in [-0.1, -0.05) is 44.1 Å². The standard InChI is InChI=1S/C17H24N2O3S/c1-5-8-10-13-15(20)19-12(9-6-2)14(16(21)22-7-3)11(4)18-17(19)23-13/h10,12H,5-9H2,1-4H3. The van der Waals surface area contributed by atoms with Crippen LogP contribution in [0.2, 0.25) is 0 Å². The van der Waals surface area contributed by atoms with Gasteiger partial charge in [0, 0.05) is 0 Å². The highest BCUT2D eigenvalue weighted by atomic mass is 32.1. The number of hydrogen-bond donors (Lipinski definition) is 0. The summed E-state index contributed by atoms with van der Waals surface area (Å²) < 4.78 is 7.57. The smallest absolute Gasteiger partial charge is 0.337 e. The summed E-state index contributed by atoms with van der Waals surface area (Å²) in [5.74, 6) is -0.366. The molecule has 1 unspecified atom stereocenters. The highest BCUT2D eigenvalue weighted by Gasteiger charge is 2.31. The molecule has 1 aromatic rings. The van der Waals surface area contributed by atoms with Crippen LogP contribution in [0.4, 0.5) is 0 Å². The van der Waals surface area contributed by atoms with Crippen LogP contribution in [0.15, 0.2) is 21.1 Å². The van der Waals surface area contributed by atoms with Crippen molar-refractivity contribution in [2.45, 2.75) is 59.4 Å². The van der Waals surface area contributed by atoms with Crippen molar-refractivity contribution in [3.8, 4) is 0 Å². The zero-order valence-corrected chi connectivity index (χ0v) is 15.0. The van der Waals surface area contributed by atoms with E-state index in [0.717, 1.165) is 25.7 Å². The van der Waals surface area contributed by atoms with Gasteiger partial charge in [-0.15, -0.1) is 0 Å². The van der Waals surface area contributed by atoms with Gasteiger partial charge in [0.1, 0.15) is 0 Å². The van der Waals surface area contributed by atoms with Gasteiger partial charge < -0.3 is 4.74 Å². The Kier molecular flexibility index (Phi) is 5.93. The van der Waals surface area contributed by atoms with Gasteiger partial charge >= 0.3 is 5.97 Å². The lowest BCUT2D eigenvalue weighted by molar-refractivity contribution is -0.139. The van der Waals surface area contributed by atoms with Gasteiger partial charge in [0.25, 0.3) is 5.56 Å². The van der Waals surface area contributed by atoms with Crippen molar-refractivity contribution in [3.63, 3.8) is 0 Å². The Labute approximate surface area is 140 Å². The number of ether oxygens (including phenoxy) is 1. The van der Waals surface area contributed by atoms with Gasteiger partial charge in [0.2, 0.25) is 0 Å². The monoisotopic (exact) mass is 336 g/mol. The quantitative estimate of drug-likeness (QED) is 0.749. The fourth-order valence-corrected chi connectivity index (χ4v) is 3.84. The minimum atomic E-state index is -0.366. The van der Waals surface area contributed by atoms with E-state index in [1.807, 2.05) is 19.9 Å². The van der Waals surface area contributed by atoms with Crippen molar-refractivity contribution >= 4 is 23.4 Å². The van der Waals surface area contributed by atoms with Gasteiger partial charge in [0.05, 0.1) is 28.5 Å². The van der Waals surface area contributed by atoms with E-state index in [9.17, 15) is 9.59 Å². The Morgan fingerprint density at radius 3 is 2.70 bits per heavy atom. The number of thiazole rings is 1. The number of unbranched alkanes of at least 4 members (excludes halogenated alkanes) is 1. The first-order chi connectivity index (χ1) is 11.0. The molecule has 0 N–H and O–H groups in total. The first-order valence-electron chi connectivity index (χ1n) is 8.23. The second kappa shape index (κ2) is 7.73. The zero-order valence-electron chi connectivity index (χ0n) is 14.2. The molecule has 126 valence electrons. The average Bonchev–Trinajstić information content (AvgIpc) is 2.81. The molecule has 0 bridgehead atoms. The van der Waals surface area contributed by atoms with E-state index in [-0.39, 0.29) is 17.6 Å². The summed E-state index contributed by atoms with van der Waals surface area (Å²) in [6.45, 7) is 8.04. The zero-order chi connectivity index (χ0) is 17.0. The molecule has 1 aromatic heterocycles. The first kappa shape index (κ1) is 17.7. The number of allylic oxidation sites excluding steroid dienone is 1. The minimum absolute atomic E-state index is 0.0463. The minimum Gasteiger partial charge on any atom is -0.463 e. The third-order valence-corrected chi connectivity index (χ3v) is 4.84. The second-order valence-corrected chi connectivity index (χ2v) is 6.56. The van der Waals surface area contributed by atoms with Crippen molar-refractivity contribution in [1.82, 2.24) is 4.57 Å². The fourth-order valence-electron chi connectivity index (χ4n) is 2.77. The number of nitrogens with zero attached hydrogens (tertiary/aromatic N) is 2. The van der Waals surface area contributed by atoms with E-state index >= 15 is 0 Å². The number of hydrogen-bond acceptors (Lipinski definition) is 5. The van der Waals surface area contributed by atoms with Gasteiger partial charge in [-0.05, 0) is 26.7 Å². The molecule has 0 fully saturated rings. The molecule has 1 atom stereocenters. The van der Waals surface area contributed by atoms with E-state index in [1.165, 1.54) is 11.3 Å². The molecule has 0 saturated heterocycles. The van der Waals surface area contributed by atoms with E-state index in [1.54, 1.807) is 11.5 Å². The van der Waals surface area contributed by atoms with Gasteiger partial charge in [-0.2, -0.15) is 0 Å². The SMILES string of the molecule is CCCC=c1sc2n(c1=O)C(CCC)C(C(=O)OCC)=C(C)N=2. The van der Waals surface area contributed by atoms with E-state index in [2.05, 4.69) is 11.9 Å². The number of carbonyl (C=O) groups excluding carboxylic acids is 1. The molecular formula is C17H24N2O3S. The Bertz CT molecular complexity index is 786. The van der Waals surface area contributed by atoms with Crippen LogP contribution in [-0.4, -0.2) is 17.1 Å². The van der Waals surface area contributed by atoms with Crippen molar-refractivity contribution in [2.24, 2.45) is 4.99 Å². The van der Waals surface area contributed by atoms with Gasteiger partial charge in [-0.3, -0.25) is 9.36 Å². The largest absolute Gasteiger partial charge is 0.463 e. The maximum atomic E-state index is 12.7. The third kappa shape index (κ3) is 3.47. The molecule has 0 aromatic carbocycles. The normalized spacial score (nSPS) is 17.9. The van der Waals surface area contributed by atoms with Crippen LogP contribution in [0.25, 0.3) is 6.08 Å². The molecule has 2 heterocycles. The van der Waals surface area contributed by atoms with E-state index < -0.39 is 0 Å². The molecule has 2 rings (SSSR count). The molecule has 0 amide bonds. The van der Waals surface area contributed by atoms with Crippen molar-refractivity contribution in [3.05, 3.63) is 31.0 Å².